The number of benzene rings is 4. The van der Waals surface area contributed by atoms with Crippen molar-refractivity contribution in [1.29, 1.82) is 0 Å². The Hall–Kier alpha value is -4.14. The first kappa shape index (κ1) is 28.9. The SMILES string of the molecule is Cc1ccc(/C=C(\NC(=O)c2ccccc2)C(=O)Nc2cccc(SC(C)C(=O)Nc3ccccc3Br)c2)cc1. The predicted octanol–water partition coefficient (Wildman–Crippen LogP) is 7.29. The van der Waals surface area contributed by atoms with Gasteiger partial charge >= 0.3 is 0 Å². The summed E-state index contributed by atoms with van der Waals surface area (Å²) >= 11 is 4.82. The monoisotopic (exact) mass is 613 g/mol. The minimum absolute atomic E-state index is 0.108. The summed E-state index contributed by atoms with van der Waals surface area (Å²) < 4.78 is 0.805. The summed E-state index contributed by atoms with van der Waals surface area (Å²) in [7, 11) is 0. The molecule has 0 aromatic heterocycles. The Bertz CT molecular complexity index is 1540. The quantitative estimate of drug-likeness (QED) is 0.137. The highest BCUT2D eigenvalue weighted by Gasteiger charge is 2.18. The lowest BCUT2D eigenvalue weighted by Crippen LogP contribution is -2.30. The molecule has 0 aliphatic rings. The first-order valence-corrected chi connectivity index (χ1v) is 14.2. The number of amides is 3. The van der Waals surface area contributed by atoms with Gasteiger partial charge in [0.05, 0.1) is 10.9 Å². The fraction of sp³-hybridized carbons (Fsp3) is 0.0938. The molecule has 0 spiro atoms. The molecule has 202 valence electrons. The Morgan fingerprint density at radius 2 is 1.52 bits per heavy atom. The lowest BCUT2D eigenvalue weighted by molar-refractivity contribution is -0.115. The van der Waals surface area contributed by atoms with E-state index >= 15 is 0 Å². The Morgan fingerprint density at radius 1 is 0.825 bits per heavy atom. The summed E-state index contributed by atoms with van der Waals surface area (Å²) in [6.07, 6.45) is 1.64. The second-order valence-electron chi connectivity index (χ2n) is 9.00. The van der Waals surface area contributed by atoms with Crippen molar-refractivity contribution in [2.24, 2.45) is 0 Å². The van der Waals surface area contributed by atoms with Crippen LogP contribution in [0.25, 0.3) is 6.08 Å². The average molecular weight is 615 g/mol. The summed E-state index contributed by atoms with van der Waals surface area (Å²) in [6.45, 7) is 3.80. The highest BCUT2D eigenvalue weighted by atomic mass is 79.9. The number of anilines is 2. The van der Waals surface area contributed by atoms with Gasteiger partial charge in [-0.3, -0.25) is 14.4 Å². The van der Waals surface area contributed by atoms with Crippen LogP contribution >= 0.6 is 27.7 Å². The third-order valence-corrected chi connectivity index (χ3v) is 7.61. The molecule has 0 saturated carbocycles. The van der Waals surface area contributed by atoms with Gasteiger partial charge < -0.3 is 16.0 Å². The Morgan fingerprint density at radius 3 is 2.25 bits per heavy atom. The zero-order valence-corrected chi connectivity index (χ0v) is 24.4. The topological polar surface area (TPSA) is 87.3 Å². The highest BCUT2D eigenvalue weighted by molar-refractivity contribution is 9.10. The maximum Gasteiger partial charge on any atom is 0.272 e. The van der Waals surface area contributed by atoms with Crippen LogP contribution in [-0.2, 0) is 9.59 Å². The van der Waals surface area contributed by atoms with E-state index < -0.39 is 5.91 Å². The van der Waals surface area contributed by atoms with Crippen LogP contribution in [0.15, 0.2) is 118 Å². The molecule has 4 aromatic rings. The van der Waals surface area contributed by atoms with Crippen LogP contribution in [0.5, 0.6) is 0 Å². The van der Waals surface area contributed by atoms with E-state index in [0.29, 0.717) is 16.9 Å². The fourth-order valence-corrected chi connectivity index (χ4v) is 4.98. The number of thioether (sulfide) groups is 1. The van der Waals surface area contributed by atoms with Crippen molar-refractivity contribution < 1.29 is 14.4 Å². The van der Waals surface area contributed by atoms with Crippen LogP contribution in [0.1, 0.15) is 28.4 Å². The summed E-state index contributed by atoms with van der Waals surface area (Å²) in [4.78, 5) is 39.8. The maximum atomic E-state index is 13.4. The fourth-order valence-electron chi connectivity index (χ4n) is 3.67. The Kier molecular flexibility index (Phi) is 9.94. The van der Waals surface area contributed by atoms with E-state index in [2.05, 4.69) is 31.9 Å². The van der Waals surface area contributed by atoms with Gasteiger partial charge in [-0.1, -0.05) is 66.2 Å². The number of halogens is 1. The van der Waals surface area contributed by atoms with Crippen molar-refractivity contribution in [2.75, 3.05) is 10.6 Å². The summed E-state index contributed by atoms with van der Waals surface area (Å²) in [5.41, 5.74) is 3.65. The number of nitrogens with one attached hydrogen (secondary N) is 3. The second-order valence-corrected chi connectivity index (χ2v) is 11.3. The molecule has 8 heteroatoms. The molecule has 6 nitrogen and oxygen atoms in total. The number of hydrogen-bond acceptors (Lipinski definition) is 4. The molecule has 0 heterocycles. The first-order chi connectivity index (χ1) is 19.3. The molecule has 0 bridgehead atoms. The minimum Gasteiger partial charge on any atom is -0.324 e. The number of hydrogen-bond donors (Lipinski definition) is 3. The minimum atomic E-state index is -0.466. The van der Waals surface area contributed by atoms with Gasteiger partial charge in [-0.2, -0.15) is 0 Å². The summed E-state index contributed by atoms with van der Waals surface area (Å²) in [5.74, 6) is -0.992. The Labute approximate surface area is 246 Å². The maximum absolute atomic E-state index is 13.4. The largest absolute Gasteiger partial charge is 0.324 e. The predicted molar refractivity (Wildman–Crippen MR) is 166 cm³/mol. The number of carbonyl (C=O) groups is 3. The van der Waals surface area contributed by atoms with Gasteiger partial charge in [-0.25, -0.2) is 0 Å². The van der Waals surface area contributed by atoms with Crippen molar-refractivity contribution in [2.45, 2.75) is 24.0 Å². The molecule has 0 fully saturated rings. The number of aryl methyl sites for hydroxylation is 1. The molecule has 3 amide bonds. The normalized spacial score (nSPS) is 11.8. The molecule has 3 N–H and O–H groups in total. The van der Waals surface area contributed by atoms with Crippen LogP contribution in [0.4, 0.5) is 11.4 Å². The van der Waals surface area contributed by atoms with Crippen LogP contribution in [0.2, 0.25) is 0 Å². The average Bonchev–Trinajstić information content (AvgIpc) is 2.95. The molecule has 0 radical (unpaired) electrons. The smallest absolute Gasteiger partial charge is 0.272 e. The molecule has 4 aromatic carbocycles. The van der Waals surface area contributed by atoms with Crippen molar-refractivity contribution in [3.05, 3.63) is 130 Å². The van der Waals surface area contributed by atoms with E-state index in [4.69, 9.17) is 0 Å². The standard InChI is InChI=1S/C32H28BrN3O3S/c1-21-15-17-23(18-16-21)19-29(36-31(38)24-9-4-3-5-10-24)32(39)34-25-11-8-12-26(20-25)40-22(2)30(37)35-28-14-7-6-13-27(28)33/h3-20,22H,1-2H3,(H,34,39)(H,35,37)(H,36,38)/b29-19-. The molecule has 0 saturated heterocycles. The van der Waals surface area contributed by atoms with Crippen LogP contribution in [0, 0.1) is 6.92 Å². The third kappa shape index (κ3) is 8.18. The highest BCUT2D eigenvalue weighted by Crippen LogP contribution is 2.28. The zero-order chi connectivity index (χ0) is 28.5. The molecule has 1 atom stereocenters. The van der Waals surface area contributed by atoms with Gasteiger partial charge in [-0.15, -0.1) is 11.8 Å². The lowest BCUT2D eigenvalue weighted by atomic mass is 10.1. The van der Waals surface area contributed by atoms with Crippen molar-refractivity contribution >= 4 is 62.9 Å². The van der Waals surface area contributed by atoms with Gasteiger partial charge in [0.15, 0.2) is 0 Å². The Balaban J connectivity index is 1.48. The molecular formula is C32H28BrN3O3S. The van der Waals surface area contributed by atoms with Gasteiger partial charge in [0.25, 0.3) is 11.8 Å². The zero-order valence-electron chi connectivity index (χ0n) is 22.0. The van der Waals surface area contributed by atoms with E-state index in [-0.39, 0.29) is 22.8 Å². The van der Waals surface area contributed by atoms with Crippen molar-refractivity contribution in [1.82, 2.24) is 5.32 Å². The van der Waals surface area contributed by atoms with Crippen LogP contribution in [-0.4, -0.2) is 23.0 Å². The van der Waals surface area contributed by atoms with E-state index in [9.17, 15) is 14.4 Å². The summed E-state index contributed by atoms with van der Waals surface area (Å²) in [5, 5.41) is 8.17. The van der Waals surface area contributed by atoms with Gasteiger partial charge in [0.2, 0.25) is 5.91 Å². The van der Waals surface area contributed by atoms with E-state index in [1.54, 1.807) is 42.5 Å². The molecule has 4 rings (SSSR count). The molecule has 0 aliphatic carbocycles. The number of para-hydroxylation sites is 1. The van der Waals surface area contributed by atoms with Gasteiger partial charge in [0, 0.05) is 20.6 Å². The van der Waals surface area contributed by atoms with Gasteiger partial charge in [0.1, 0.15) is 5.70 Å². The van der Waals surface area contributed by atoms with Gasteiger partial charge in [-0.05, 0) is 83.9 Å². The van der Waals surface area contributed by atoms with Crippen molar-refractivity contribution in [3.8, 4) is 0 Å². The van der Waals surface area contributed by atoms with E-state index in [0.717, 1.165) is 20.5 Å². The number of carbonyl (C=O) groups excluding carboxylic acids is 3. The third-order valence-electron chi connectivity index (χ3n) is 5.82. The molecule has 0 aliphatic heterocycles. The summed E-state index contributed by atoms with van der Waals surface area (Å²) in [6, 6.07) is 31.0. The molecule has 40 heavy (non-hydrogen) atoms. The molecular weight excluding hydrogens is 586 g/mol. The first-order valence-electron chi connectivity index (χ1n) is 12.6. The second kappa shape index (κ2) is 13.8. The lowest BCUT2D eigenvalue weighted by Gasteiger charge is -2.14. The number of rotatable bonds is 9. The van der Waals surface area contributed by atoms with E-state index in [1.165, 1.54) is 11.8 Å². The molecule has 1 unspecified atom stereocenters. The van der Waals surface area contributed by atoms with Crippen LogP contribution < -0.4 is 16.0 Å². The van der Waals surface area contributed by atoms with Crippen LogP contribution in [0.3, 0.4) is 0 Å². The van der Waals surface area contributed by atoms with Crippen molar-refractivity contribution in [3.63, 3.8) is 0 Å². The van der Waals surface area contributed by atoms with E-state index in [1.807, 2.05) is 80.6 Å².